The fourth-order valence-electron chi connectivity index (χ4n) is 2.04. The summed E-state index contributed by atoms with van der Waals surface area (Å²) >= 11 is 5.90. The van der Waals surface area contributed by atoms with Gasteiger partial charge in [0, 0.05) is 22.2 Å². The maximum Gasteiger partial charge on any atom is 0.255 e. The molecular weight excluding hydrogens is 272 g/mol. The van der Waals surface area contributed by atoms with Crippen LogP contribution in [0.3, 0.4) is 0 Å². The van der Waals surface area contributed by atoms with Crippen molar-refractivity contribution in [2.45, 2.75) is 0 Å². The van der Waals surface area contributed by atoms with Gasteiger partial charge in [-0.05, 0) is 42.5 Å². The molecule has 2 aromatic carbocycles. The van der Waals surface area contributed by atoms with Crippen LogP contribution in [-0.4, -0.2) is 10.9 Å². The summed E-state index contributed by atoms with van der Waals surface area (Å²) in [5.41, 5.74) is 2.11. The molecule has 1 amide bonds. The second-order valence-electron chi connectivity index (χ2n) is 4.34. The maximum absolute atomic E-state index is 12.2. The highest BCUT2D eigenvalue weighted by Gasteiger charge is 2.08. The van der Waals surface area contributed by atoms with Gasteiger partial charge in [0.25, 0.3) is 5.91 Å². The molecule has 0 fully saturated rings. The molecule has 98 valence electrons. The number of fused-ring (bicyclic) bond motifs is 1. The third-order valence-corrected chi connectivity index (χ3v) is 3.22. The number of carbonyl (C=O) groups is 1. The van der Waals surface area contributed by atoms with E-state index in [1.165, 1.54) is 0 Å². The third-order valence-electron chi connectivity index (χ3n) is 2.98. The van der Waals surface area contributed by atoms with E-state index in [0.29, 0.717) is 10.6 Å². The normalized spacial score (nSPS) is 10.4. The van der Waals surface area contributed by atoms with Crippen molar-refractivity contribution in [3.63, 3.8) is 0 Å². The van der Waals surface area contributed by atoms with Gasteiger partial charge >= 0.3 is 0 Å². The highest BCUT2D eigenvalue weighted by Crippen LogP contribution is 2.22. The Morgan fingerprint density at radius 2 is 1.90 bits per heavy atom. The molecule has 3 rings (SSSR count). The van der Waals surface area contributed by atoms with Gasteiger partial charge in [-0.15, -0.1) is 0 Å². The summed E-state index contributed by atoms with van der Waals surface area (Å²) in [5, 5.41) is 4.34. The first-order valence-corrected chi connectivity index (χ1v) is 6.52. The summed E-state index contributed by atoms with van der Waals surface area (Å²) in [6.07, 6.45) is 1.73. The summed E-state index contributed by atoms with van der Waals surface area (Å²) in [4.78, 5) is 16.5. The lowest BCUT2D eigenvalue weighted by atomic mass is 10.1. The first-order chi connectivity index (χ1) is 9.74. The predicted molar refractivity (Wildman–Crippen MR) is 81.1 cm³/mol. The lowest BCUT2D eigenvalue weighted by Gasteiger charge is -2.08. The zero-order chi connectivity index (χ0) is 13.9. The van der Waals surface area contributed by atoms with Gasteiger partial charge in [0.1, 0.15) is 0 Å². The number of aromatic nitrogens is 1. The molecule has 0 radical (unpaired) electrons. The number of halogens is 1. The van der Waals surface area contributed by atoms with Gasteiger partial charge in [0.2, 0.25) is 0 Å². The van der Waals surface area contributed by atoms with Crippen molar-refractivity contribution in [1.82, 2.24) is 4.98 Å². The van der Waals surface area contributed by atoms with E-state index in [4.69, 9.17) is 11.6 Å². The van der Waals surface area contributed by atoms with Gasteiger partial charge in [0.15, 0.2) is 0 Å². The molecule has 0 atom stereocenters. The largest absolute Gasteiger partial charge is 0.321 e. The van der Waals surface area contributed by atoms with Gasteiger partial charge < -0.3 is 5.32 Å². The van der Waals surface area contributed by atoms with Crippen LogP contribution in [0.1, 0.15) is 10.4 Å². The van der Waals surface area contributed by atoms with Crippen LogP contribution >= 0.6 is 11.6 Å². The number of hydrogen-bond donors (Lipinski definition) is 1. The van der Waals surface area contributed by atoms with E-state index in [-0.39, 0.29) is 5.91 Å². The van der Waals surface area contributed by atoms with Crippen LogP contribution in [0, 0.1) is 0 Å². The lowest BCUT2D eigenvalue weighted by molar-refractivity contribution is 0.102. The molecule has 3 aromatic rings. The van der Waals surface area contributed by atoms with Crippen LogP contribution in [0.15, 0.2) is 60.8 Å². The third kappa shape index (κ3) is 2.49. The maximum atomic E-state index is 12.2. The van der Waals surface area contributed by atoms with Crippen molar-refractivity contribution in [2.24, 2.45) is 0 Å². The fraction of sp³-hybridized carbons (Fsp3) is 0. The van der Waals surface area contributed by atoms with Gasteiger partial charge in [-0.2, -0.15) is 0 Å². The zero-order valence-corrected chi connectivity index (χ0v) is 11.3. The Morgan fingerprint density at radius 3 is 2.75 bits per heavy atom. The van der Waals surface area contributed by atoms with Crippen LogP contribution in [-0.2, 0) is 0 Å². The van der Waals surface area contributed by atoms with Gasteiger partial charge in [-0.25, -0.2) is 0 Å². The van der Waals surface area contributed by atoms with E-state index < -0.39 is 0 Å². The molecule has 1 heterocycles. The summed E-state index contributed by atoms with van der Waals surface area (Å²) in [6, 6.07) is 16.2. The van der Waals surface area contributed by atoms with Crippen LogP contribution < -0.4 is 5.32 Å². The number of rotatable bonds is 2. The first-order valence-electron chi connectivity index (χ1n) is 6.15. The highest BCUT2D eigenvalue weighted by molar-refractivity contribution is 6.31. The minimum atomic E-state index is -0.191. The molecule has 1 N–H and O–H groups in total. The van der Waals surface area contributed by atoms with Crippen molar-refractivity contribution >= 4 is 34.1 Å². The standard InChI is InChI=1S/C16H11ClN2O/c17-12-5-1-4-11(10-12)16(20)19-15-8-2-7-14-13(15)6-3-9-18-14/h1-10H,(H,19,20). The van der Waals surface area contributed by atoms with Gasteiger partial charge in [0.05, 0.1) is 11.2 Å². The number of anilines is 1. The molecule has 0 unspecified atom stereocenters. The zero-order valence-electron chi connectivity index (χ0n) is 10.5. The Hall–Kier alpha value is -2.39. The van der Waals surface area contributed by atoms with E-state index in [9.17, 15) is 4.79 Å². The van der Waals surface area contributed by atoms with Crippen LogP contribution in [0.4, 0.5) is 5.69 Å². The van der Waals surface area contributed by atoms with Gasteiger partial charge in [-0.1, -0.05) is 23.7 Å². The SMILES string of the molecule is O=C(Nc1cccc2ncccc12)c1cccc(Cl)c1. The summed E-state index contributed by atoms with van der Waals surface area (Å²) in [5.74, 6) is -0.191. The first kappa shape index (κ1) is 12.6. The number of nitrogens with zero attached hydrogens (tertiary/aromatic N) is 1. The van der Waals surface area contributed by atoms with Crippen LogP contribution in [0.2, 0.25) is 5.02 Å². The summed E-state index contributed by atoms with van der Waals surface area (Å²) in [6.45, 7) is 0. The lowest BCUT2D eigenvalue weighted by Crippen LogP contribution is -2.12. The predicted octanol–water partition coefficient (Wildman–Crippen LogP) is 4.14. The monoisotopic (exact) mass is 282 g/mol. The van der Waals surface area contributed by atoms with Crippen molar-refractivity contribution in [3.05, 3.63) is 71.4 Å². The second-order valence-corrected chi connectivity index (χ2v) is 4.78. The van der Waals surface area contributed by atoms with E-state index >= 15 is 0 Å². The van der Waals surface area contributed by atoms with Crippen molar-refractivity contribution in [1.29, 1.82) is 0 Å². The van der Waals surface area contributed by atoms with Crippen LogP contribution in [0.25, 0.3) is 10.9 Å². The Balaban J connectivity index is 1.95. The molecule has 0 bridgehead atoms. The van der Waals surface area contributed by atoms with Crippen LogP contribution in [0.5, 0.6) is 0 Å². The number of benzene rings is 2. The summed E-state index contributed by atoms with van der Waals surface area (Å²) < 4.78 is 0. The minimum absolute atomic E-state index is 0.191. The smallest absolute Gasteiger partial charge is 0.255 e. The molecular formula is C16H11ClN2O. The molecule has 0 spiro atoms. The Kier molecular flexibility index (Phi) is 3.35. The minimum Gasteiger partial charge on any atom is -0.321 e. The Bertz CT molecular complexity index is 781. The van der Waals surface area contributed by atoms with E-state index in [2.05, 4.69) is 10.3 Å². The van der Waals surface area contributed by atoms with Crippen molar-refractivity contribution in [3.8, 4) is 0 Å². The summed E-state index contributed by atoms with van der Waals surface area (Å²) in [7, 11) is 0. The molecule has 4 heteroatoms. The number of hydrogen-bond acceptors (Lipinski definition) is 2. The topological polar surface area (TPSA) is 42.0 Å². The van der Waals surface area contributed by atoms with E-state index in [1.54, 1.807) is 30.5 Å². The van der Waals surface area contributed by atoms with E-state index in [0.717, 1.165) is 16.6 Å². The average Bonchev–Trinajstić information content (AvgIpc) is 2.47. The fourth-order valence-corrected chi connectivity index (χ4v) is 2.23. The molecule has 0 saturated carbocycles. The average molecular weight is 283 g/mol. The van der Waals surface area contributed by atoms with Crippen molar-refractivity contribution in [2.75, 3.05) is 5.32 Å². The molecule has 0 aliphatic heterocycles. The number of carbonyl (C=O) groups excluding carboxylic acids is 1. The molecule has 0 aliphatic carbocycles. The highest BCUT2D eigenvalue weighted by atomic mass is 35.5. The molecule has 3 nitrogen and oxygen atoms in total. The molecule has 20 heavy (non-hydrogen) atoms. The molecule has 0 saturated heterocycles. The Labute approximate surface area is 121 Å². The van der Waals surface area contributed by atoms with E-state index in [1.807, 2.05) is 30.3 Å². The quantitative estimate of drug-likeness (QED) is 0.767. The number of nitrogens with one attached hydrogen (secondary N) is 1. The van der Waals surface area contributed by atoms with Crippen molar-refractivity contribution < 1.29 is 4.79 Å². The number of amides is 1. The second kappa shape index (κ2) is 5.31. The van der Waals surface area contributed by atoms with Gasteiger partial charge in [-0.3, -0.25) is 9.78 Å². The number of pyridine rings is 1. The molecule has 0 aliphatic rings. The molecule has 1 aromatic heterocycles. The Morgan fingerprint density at radius 1 is 1.05 bits per heavy atom.